The summed E-state index contributed by atoms with van der Waals surface area (Å²) in [6.45, 7) is 5.56. The fourth-order valence-corrected chi connectivity index (χ4v) is 4.71. The quantitative estimate of drug-likeness (QED) is 0.444. The lowest BCUT2D eigenvalue weighted by atomic mass is 9.90. The monoisotopic (exact) mass is 575 g/mol. The lowest BCUT2D eigenvalue weighted by molar-refractivity contribution is -0.112. The summed E-state index contributed by atoms with van der Waals surface area (Å²) in [6.07, 6.45) is 7.67. The van der Waals surface area contributed by atoms with E-state index in [-0.39, 0.29) is 18.0 Å². The highest BCUT2D eigenvalue weighted by Gasteiger charge is 2.31. The Hall–Kier alpha value is -2.69. The maximum Gasteiger partial charge on any atom is 0.407 e. The minimum absolute atomic E-state index is 0.0314. The number of nitrogens with one attached hydrogen (secondary N) is 3. The molecule has 2 aliphatic heterocycles. The van der Waals surface area contributed by atoms with Gasteiger partial charge in [0.25, 0.3) is 5.91 Å². The van der Waals surface area contributed by atoms with E-state index in [1.54, 1.807) is 6.20 Å². The van der Waals surface area contributed by atoms with Crippen LogP contribution in [-0.2, 0) is 9.53 Å². The first kappa shape index (κ1) is 24.4. The molecule has 34 heavy (non-hydrogen) atoms. The standard InChI is InChI=1S/C25H30IN5O3/c1-25(2,3)34-24(33)30-19-11-7-6-10-18(19)28-21-13-12-20-22(31-21)15(14-27-20)23(32)29-17-9-5-4-8-16(17)26/h4-5,8-9,13-14,18-19,28H,6-7,10-12H2,1-3H3,(H,29,32)(H,30,33)/t18-,19+/m1/s1. The summed E-state index contributed by atoms with van der Waals surface area (Å²) in [7, 11) is 0. The second kappa shape index (κ2) is 10.3. The molecule has 4 rings (SSSR count). The molecule has 0 saturated heterocycles. The third-order valence-corrected chi connectivity index (χ3v) is 6.71. The molecule has 180 valence electrons. The number of amides is 2. The van der Waals surface area contributed by atoms with Gasteiger partial charge in [0.1, 0.15) is 17.1 Å². The molecule has 0 bridgehead atoms. The summed E-state index contributed by atoms with van der Waals surface area (Å²) in [4.78, 5) is 34.4. The summed E-state index contributed by atoms with van der Waals surface area (Å²) < 4.78 is 6.41. The maximum absolute atomic E-state index is 13.0. The fourth-order valence-electron chi connectivity index (χ4n) is 4.19. The molecule has 3 N–H and O–H groups in total. The number of nitrogens with zero attached hydrogens (tertiary/aromatic N) is 2. The second-order valence-electron chi connectivity index (χ2n) is 9.59. The Morgan fingerprint density at radius 2 is 1.85 bits per heavy atom. The predicted molar refractivity (Wildman–Crippen MR) is 142 cm³/mol. The molecule has 0 radical (unpaired) electrons. The van der Waals surface area contributed by atoms with Gasteiger partial charge in [0.05, 0.1) is 23.0 Å². The molecule has 3 aliphatic rings. The van der Waals surface area contributed by atoms with Crippen LogP contribution in [0.1, 0.15) is 52.9 Å². The van der Waals surface area contributed by atoms with Crippen molar-refractivity contribution >= 4 is 51.7 Å². The smallest absolute Gasteiger partial charge is 0.407 e. The fraction of sp³-hybridized carbons (Fsp3) is 0.440. The van der Waals surface area contributed by atoms with Crippen LogP contribution in [0.15, 0.2) is 57.9 Å². The number of aliphatic imine (C=N–C) groups is 2. The van der Waals surface area contributed by atoms with E-state index < -0.39 is 11.7 Å². The van der Waals surface area contributed by atoms with E-state index in [0.29, 0.717) is 23.5 Å². The average molecular weight is 575 g/mol. The average Bonchev–Trinajstić information content (AvgIpc) is 3.19. The van der Waals surface area contributed by atoms with Gasteiger partial charge in [0.2, 0.25) is 0 Å². The van der Waals surface area contributed by atoms with Crippen LogP contribution in [0.25, 0.3) is 0 Å². The number of ether oxygens (including phenoxy) is 1. The first-order valence-corrected chi connectivity index (χ1v) is 12.7. The third kappa shape index (κ3) is 6.05. The third-order valence-electron chi connectivity index (χ3n) is 5.77. The number of hydrogen-bond acceptors (Lipinski definition) is 6. The molecule has 1 aromatic carbocycles. The number of alkyl carbamates (subject to hydrolysis) is 1. The van der Waals surface area contributed by atoms with Crippen LogP contribution >= 0.6 is 22.6 Å². The van der Waals surface area contributed by atoms with Crippen molar-refractivity contribution in [2.45, 2.75) is 70.6 Å². The van der Waals surface area contributed by atoms with Gasteiger partial charge >= 0.3 is 6.09 Å². The van der Waals surface area contributed by atoms with Crippen LogP contribution in [0.2, 0.25) is 0 Å². The molecule has 1 saturated carbocycles. The van der Waals surface area contributed by atoms with E-state index in [2.05, 4.69) is 43.5 Å². The number of fused-ring (bicyclic) bond motifs is 1. The summed E-state index contributed by atoms with van der Waals surface area (Å²) >= 11 is 2.19. The predicted octanol–water partition coefficient (Wildman–Crippen LogP) is 4.68. The number of carbonyl (C=O) groups excluding carboxylic acids is 2. The molecule has 1 aromatic rings. The lowest BCUT2D eigenvalue weighted by Crippen LogP contribution is -2.52. The van der Waals surface area contributed by atoms with Crippen molar-refractivity contribution in [3.63, 3.8) is 0 Å². The molecule has 8 nitrogen and oxygen atoms in total. The van der Waals surface area contributed by atoms with Gasteiger partial charge in [-0.05, 0) is 74.4 Å². The Labute approximate surface area is 213 Å². The highest BCUT2D eigenvalue weighted by molar-refractivity contribution is 14.1. The van der Waals surface area contributed by atoms with Crippen molar-refractivity contribution in [1.29, 1.82) is 0 Å². The molecule has 0 spiro atoms. The van der Waals surface area contributed by atoms with E-state index in [1.807, 2.05) is 51.1 Å². The molecular weight excluding hydrogens is 545 g/mol. The van der Waals surface area contributed by atoms with E-state index in [9.17, 15) is 9.59 Å². The summed E-state index contributed by atoms with van der Waals surface area (Å²) in [5.41, 5.74) is 2.05. The first-order valence-electron chi connectivity index (χ1n) is 11.6. The number of para-hydroxylation sites is 1. The van der Waals surface area contributed by atoms with E-state index in [4.69, 9.17) is 9.73 Å². The number of anilines is 1. The summed E-state index contributed by atoms with van der Waals surface area (Å²) in [6, 6.07) is 7.60. The molecule has 0 unspecified atom stereocenters. The molecule has 2 atom stereocenters. The molecular formula is C25H30IN5O3. The molecule has 0 aromatic heterocycles. The second-order valence-corrected chi connectivity index (χ2v) is 10.8. The van der Waals surface area contributed by atoms with E-state index in [0.717, 1.165) is 40.7 Å². The number of benzene rings is 1. The Balaban J connectivity index is 1.43. The zero-order valence-electron chi connectivity index (χ0n) is 19.7. The molecule has 2 heterocycles. The van der Waals surface area contributed by atoms with Gasteiger partial charge in [0, 0.05) is 22.2 Å². The van der Waals surface area contributed by atoms with Crippen LogP contribution in [-0.4, -0.2) is 41.1 Å². The summed E-state index contributed by atoms with van der Waals surface area (Å²) in [5.74, 6) is 0.469. The minimum Gasteiger partial charge on any atom is -0.444 e. The minimum atomic E-state index is -0.543. The van der Waals surface area contributed by atoms with Crippen LogP contribution in [0, 0.1) is 3.57 Å². The molecule has 1 aliphatic carbocycles. The van der Waals surface area contributed by atoms with Crippen LogP contribution in [0.5, 0.6) is 0 Å². The van der Waals surface area contributed by atoms with Crippen LogP contribution in [0.3, 0.4) is 0 Å². The highest BCUT2D eigenvalue weighted by Crippen LogP contribution is 2.25. The van der Waals surface area contributed by atoms with Crippen molar-refractivity contribution in [3.05, 3.63) is 51.5 Å². The van der Waals surface area contributed by atoms with Gasteiger partial charge in [-0.25, -0.2) is 9.79 Å². The maximum atomic E-state index is 13.0. The number of rotatable bonds is 5. The van der Waals surface area contributed by atoms with Crippen LogP contribution in [0.4, 0.5) is 10.5 Å². The SMILES string of the molecule is CC(C)(C)OC(=O)N[C@H]1CCCC[C@H]1NC1=CCC2=NC=C(C(=O)Nc3ccccc3I)C2=N1. The lowest BCUT2D eigenvalue weighted by Gasteiger charge is -2.34. The van der Waals surface area contributed by atoms with Gasteiger partial charge in [-0.1, -0.05) is 25.0 Å². The van der Waals surface area contributed by atoms with Gasteiger partial charge in [-0.3, -0.25) is 9.79 Å². The topological polar surface area (TPSA) is 104 Å². The van der Waals surface area contributed by atoms with Gasteiger partial charge in [-0.2, -0.15) is 0 Å². The van der Waals surface area contributed by atoms with Gasteiger partial charge in [-0.15, -0.1) is 0 Å². The Morgan fingerprint density at radius 1 is 1.12 bits per heavy atom. The molecule has 2 amide bonds. The summed E-state index contributed by atoms with van der Waals surface area (Å²) in [5, 5.41) is 9.48. The first-order chi connectivity index (χ1) is 16.2. The Bertz CT molecular complexity index is 1100. The van der Waals surface area contributed by atoms with Gasteiger partial charge in [0.15, 0.2) is 0 Å². The zero-order chi connectivity index (χ0) is 24.3. The van der Waals surface area contributed by atoms with Crippen molar-refractivity contribution in [1.82, 2.24) is 10.6 Å². The molecule has 1 fully saturated rings. The van der Waals surface area contributed by atoms with Crippen molar-refractivity contribution in [2.75, 3.05) is 5.32 Å². The Morgan fingerprint density at radius 3 is 2.59 bits per heavy atom. The number of carbonyl (C=O) groups is 2. The van der Waals surface area contributed by atoms with Gasteiger partial charge < -0.3 is 20.7 Å². The van der Waals surface area contributed by atoms with Crippen molar-refractivity contribution < 1.29 is 14.3 Å². The highest BCUT2D eigenvalue weighted by atomic mass is 127. The number of allylic oxidation sites excluding steroid dienone is 1. The van der Waals surface area contributed by atoms with E-state index >= 15 is 0 Å². The molecule has 9 heteroatoms. The number of hydrogen-bond donors (Lipinski definition) is 3. The van der Waals surface area contributed by atoms with E-state index in [1.165, 1.54) is 0 Å². The Kier molecular flexibility index (Phi) is 7.39. The zero-order valence-corrected chi connectivity index (χ0v) is 21.8. The largest absolute Gasteiger partial charge is 0.444 e. The van der Waals surface area contributed by atoms with Crippen molar-refractivity contribution in [2.24, 2.45) is 9.98 Å². The number of halogens is 1. The van der Waals surface area contributed by atoms with Crippen LogP contribution < -0.4 is 16.0 Å². The normalized spacial score (nSPS) is 21.9. The van der Waals surface area contributed by atoms with Crippen molar-refractivity contribution in [3.8, 4) is 0 Å².